The molecular weight excluding hydrogens is 214 g/mol. The van der Waals surface area contributed by atoms with Gasteiger partial charge in [0.1, 0.15) is 5.82 Å². The number of hydrogen-bond acceptors (Lipinski definition) is 4. The molecule has 2 N–H and O–H groups in total. The van der Waals surface area contributed by atoms with E-state index in [0.29, 0.717) is 5.82 Å². The minimum absolute atomic E-state index is 0.579. The standard InChI is InChI=1S/C12H11N5/c1-8-7-15-17-11(13)6-10(16-12(8)17)9-2-4-14-5-3-9/h2-7H,13H2,1H3. The minimum Gasteiger partial charge on any atom is -0.384 e. The summed E-state index contributed by atoms with van der Waals surface area (Å²) in [5.41, 5.74) is 9.58. The number of nitrogen functional groups attached to an aromatic ring is 1. The van der Waals surface area contributed by atoms with Gasteiger partial charge in [-0.3, -0.25) is 4.98 Å². The van der Waals surface area contributed by atoms with Gasteiger partial charge in [-0.25, -0.2) is 4.98 Å². The van der Waals surface area contributed by atoms with E-state index in [2.05, 4.69) is 15.1 Å². The number of hydrogen-bond donors (Lipinski definition) is 1. The van der Waals surface area contributed by atoms with Gasteiger partial charge in [-0.05, 0) is 19.1 Å². The predicted octanol–water partition coefficient (Wildman–Crippen LogP) is 1.68. The quantitative estimate of drug-likeness (QED) is 0.684. The highest BCUT2D eigenvalue weighted by Gasteiger charge is 2.08. The van der Waals surface area contributed by atoms with Crippen LogP contribution < -0.4 is 5.73 Å². The van der Waals surface area contributed by atoms with Crippen LogP contribution in [-0.2, 0) is 0 Å². The van der Waals surface area contributed by atoms with Crippen LogP contribution in [0.1, 0.15) is 5.56 Å². The summed E-state index contributed by atoms with van der Waals surface area (Å²) in [5.74, 6) is 0.579. The van der Waals surface area contributed by atoms with Crippen LogP contribution in [0.2, 0.25) is 0 Å². The van der Waals surface area contributed by atoms with Crippen molar-refractivity contribution in [2.45, 2.75) is 6.92 Å². The van der Waals surface area contributed by atoms with Crippen LogP contribution in [0.15, 0.2) is 36.8 Å². The zero-order chi connectivity index (χ0) is 11.8. The molecule has 3 heterocycles. The van der Waals surface area contributed by atoms with E-state index >= 15 is 0 Å². The average Bonchev–Trinajstić information content (AvgIpc) is 2.73. The topological polar surface area (TPSA) is 69.1 Å². The SMILES string of the molecule is Cc1cnn2c(N)cc(-c3ccncc3)nc12. The largest absolute Gasteiger partial charge is 0.384 e. The zero-order valence-electron chi connectivity index (χ0n) is 9.33. The van der Waals surface area contributed by atoms with Gasteiger partial charge in [0, 0.05) is 29.6 Å². The first-order valence-corrected chi connectivity index (χ1v) is 5.27. The van der Waals surface area contributed by atoms with E-state index in [9.17, 15) is 0 Å². The molecule has 0 fully saturated rings. The third-order valence-corrected chi connectivity index (χ3v) is 2.65. The number of aryl methyl sites for hydroxylation is 1. The Hall–Kier alpha value is -2.43. The van der Waals surface area contributed by atoms with E-state index < -0.39 is 0 Å². The Morgan fingerprint density at radius 2 is 2.00 bits per heavy atom. The number of nitrogens with zero attached hydrogens (tertiary/aromatic N) is 4. The third kappa shape index (κ3) is 1.52. The summed E-state index contributed by atoms with van der Waals surface area (Å²) in [7, 11) is 0. The summed E-state index contributed by atoms with van der Waals surface area (Å²) >= 11 is 0. The number of fused-ring (bicyclic) bond motifs is 1. The summed E-state index contributed by atoms with van der Waals surface area (Å²) in [6, 6.07) is 5.63. The molecule has 0 spiro atoms. The maximum atomic E-state index is 5.95. The van der Waals surface area contributed by atoms with Crippen LogP contribution >= 0.6 is 0 Å². The van der Waals surface area contributed by atoms with Crippen molar-refractivity contribution in [3.05, 3.63) is 42.4 Å². The van der Waals surface area contributed by atoms with E-state index in [1.54, 1.807) is 23.1 Å². The molecule has 0 aromatic carbocycles. The van der Waals surface area contributed by atoms with Gasteiger partial charge in [0.2, 0.25) is 0 Å². The third-order valence-electron chi connectivity index (χ3n) is 2.65. The molecule has 84 valence electrons. The van der Waals surface area contributed by atoms with Crippen molar-refractivity contribution in [2.24, 2.45) is 0 Å². The minimum atomic E-state index is 0.579. The Bertz CT molecular complexity index is 672. The van der Waals surface area contributed by atoms with Gasteiger partial charge in [-0.1, -0.05) is 0 Å². The molecule has 0 aliphatic heterocycles. The second-order valence-electron chi connectivity index (χ2n) is 3.87. The number of pyridine rings is 1. The van der Waals surface area contributed by atoms with E-state index in [1.807, 2.05) is 25.1 Å². The summed E-state index contributed by atoms with van der Waals surface area (Å²) < 4.78 is 1.64. The molecule has 5 nitrogen and oxygen atoms in total. The fourth-order valence-electron chi connectivity index (χ4n) is 1.77. The molecule has 3 aromatic rings. The number of rotatable bonds is 1. The van der Waals surface area contributed by atoms with Crippen molar-refractivity contribution < 1.29 is 0 Å². The Kier molecular flexibility index (Phi) is 2.04. The van der Waals surface area contributed by atoms with Crippen LogP contribution in [0.3, 0.4) is 0 Å². The normalized spacial score (nSPS) is 10.9. The number of aromatic nitrogens is 4. The number of nitrogens with two attached hydrogens (primary N) is 1. The first kappa shape index (κ1) is 9.77. The van der Waals surface area contributed by atoms with Crippen molar-refractivity contribution in [1.82, 2.24) is 19.6 Å². The lowest BCUT2D eigenvalue weighted by Crippen LogP contribution is -2.01. The molecule has 3 rings (SSSR count). The summed E-state index contributed by atoms with van der Waals surface area (Å²) in [4.78, 5) is 8.55. The average molecular weight is 225 g/mol. The van der Waals surface area contributed by atoms with Gasteiger partial charge in [0.15, 0.2) is 5.65 Å². The highest BCUT2D eigenvalue weighted by Crippen LogP contribution is 2.21. The molecule has 0 bridgehead atoms. The smallest absolute Gasteiger partial charge is 0.160 e. The Morgan fingerprint density at radius 1 is 1.24 bits per heavy atom. The van der Waals surface area contributed by atoms with Crippen molar-refractivity contribution in [3.8, 4) is 11.3 Å². The lowest BCUT2D eigenvalue weighted by molar-refractivity contribution is 0.953. The first-order valence-electron chi connectivity index (χ1n) is 5.27. The highest BCUT2D eigenvalue weighted by atomic mass is 15.3. The Morgan fingerprint density at radius 3 is 2.76 bits per heavy atom. The number of anilines is 1. The van der Waals surface area contributed by atoms with Crippen molar-refractivity contribution in [1.29, 1.82) is 0 Å². The van der Waals surface area contributed by atoms with Crippen molar-refractivity contribution in [2.75, 3.05) is 5.73 Å². The molecule has 0 unspecified atom stereocenters. The van der Waals surface area contributed by atoms with E-state index in [-0.39, 0.29) is 0 Å². The fraction of sp³-hybridized carbons (Fsp3) is 0.0833. The van der Waals surface area contributed by atoms with Crippen LogP contribution in [0, 0.1) is 6.92 Å². The summed E-state index contributed by atoms with van der Waals surface area (Å²) in [6.45, 7) is 1.96. The molecule has 0 saturated heterocycles. The molecule has 0 radical (unpaired) electrons. The molecule has 0 amide bonds. The van der Waals surface area contributed by atoms with Gasteiger partial charge in [-0.2, -0.15) is 9.61 Å². The zero-order valence-corrected chi connectivity index (χ0v) is 9.33. The van der Waals surface area contributed by atoms with Crippen LogP contribution in [0.4, 0.5) is 5.82 Å². The van der Waals surface area contributed by atoms with Crippen LogP contribution in [0.5, 0.6) is 0 Å². The van der Waals surface area contributed by atoms with Gasteiger partial charge in [0.05, 0.1) is 11.9 Å². The van der Waals surface area contributed by atoms with E-state index in [4.69, 9.17) is 5.73 Å². The highest BCUT2D eigenvalue weighted by molar-refractivity contribution is 5.66. The van der Waals surface area contributed by atoms with Gasteiger partial charge in [-0.15, -0.1) is 0 Å². The molecule has 0 aliphatic rings. The van der Waals surface area contributed by atoms with Gasteiger partial charge >= 0.3 is 0 Å². The second kappa shape index (κ2) is 3.55. The van der Waals surface area contributed by atoms with E-state index in [0.717, 1.165) is 22.5 Å². The van der Waals surface area contributed by atoms with E-state index in [1.165, 1.54) is 0 Å². The molecule has 0 atom stereocenters. The lowest BCUT2D eigenvalue weighted by atomic mass is 10.2. The molecule has 17 heavy (non-hydrogen) atoms. The molecule has 0 saturated carbocycles. The molecule has 5 heteroatoms. The van der Waals surface area contributed by atoms with Gasteiger partial charge < -0.3 is 5.73 Å². The monoisotopic (exact) mass is 225 g/mol. The molecule has 0 aliphatic carbocycles. The van der Waals surface area contributed by atoms with Crippen molar-refractivity contribution in [3.63, 3.8) is 0 Å². The van der Waals surface area contributed by atoms with Crippen LogP contribution in [-0.4, -0.2) is 19.6 Å². The fourth-order valence-corrected chi connectivity index (χ4v) is 1.77. The molecular formula is C12H11N5. The second-order valence-corrected chi connectivity index (χ2v) is 3.87. The van der Waals surface area contributed by atoms with Gasteiger partial charge in [0.25, 0.3) is 0 Å². The summed E-state index contributed by atoms with van der Waals surface area (Å²) in [5, 5.41) is 4.17. The predicted molar refractivity (Wildman–Crippen MR) is 65.4 cm³/mol. The summed E-state index contributed by atoms with van der Waals surface area (Å²) in [6.07, 6.45) is 5.23. The van der Waals surface area contributed by atoms with Crippen molar-refractivity contribution >= 4 is 11.5 Å². The van der Waals surface area contributed by atoms with Crippen LogP contribution in [0.25, 0.3) is 16.9 Å². The maximum Gasteiger partial charge on any atom is 0.160 e. The Balaban J connectivity index is 2.28. The maximum absolute atomic E-state index is 5.95. The molecule has 3 aromatic heterocycles. The first-order chi connectivity index (χ1) is 8.25. The Labute approximate surface area is 97.9 Å². The lowest BCUT2D eigenvalue weighted by Gasteiger charge is -2.04.